The Hall–Kier alpha value is -2.66. The molecule has 1 aliphatic heterocycles. The predicted molar refractivity (Wildman–Crippen MR) is 96.7 cm³/mol. The van der Waals surface area contributed by atoms with Crippen LogP contribution in [0.4, 0.5) is 4.39 Å². The topological polar surface area (TPSA) is 37.3 Å². The van der Waals surface area contributed by atoms with Crippen molar-refractivity contribution in [2.24, 2.45) is 0 Å². The van der Waals surface area contributed by atoms with Crippen LogP contribution in [-0.2, 0) is 13.0 Å². The van der Waals surface area contributed by atoms with Crippen LogP contribution in [-0.4, -0.2) is 36.0 Å². The molecule has 3 aromatic rings. The number of hydrogen-bond donors (Lipinski definition) is 1. The first-order valence-electron chi connectivity index (χ1n) is 8.41. The molecule has 0 saturated heterocycles. The van der Waals surface area contributed by atoms with Crippen molar-refractivity contribution in [2.75, 3.05) is 20.6 Å². The van der Waals surface area contributed by atoms with Crippen LogP contribution in [0.15, 0.2) is 42.5 Å². The van der Waals surface area contributed by atoms with E-state index in [0.29, 0.717) is 5.56 Å². The molecule has 0 atom stereocenters. The summed E-state index contributed by atoms with van der Waals surface area (Å²) in [5.41, 5.74) is 5.15. The van der Waals surface area contributed by atoms with Crippen molar-refractivity contribution in [1.29, 1.82) is 0 Å². The van der Waals surface area contributed by atoms with Crippen LogP contribution in [0.25, 0.3) is 16.6 Å². The predicted octanol–water partition coefficient (Wildman–Crippen LogP) is 3.12. The van der Waals surface area contributed by atoms with E-state index < -0.39 is 0 Å². The summed E-state index contributed by atoms with van der Waals surface area (Å²) in [6.07, 6.45) is 0.924. The van der Waals surface area contributed by atoms with E-state index >= 15 is 0 Å². The van der Waals surface area contributed by atoms with E-state index in [-0.39, 0.29) is 11.7 Å². The zero-order valence-corrected chi connectivity index (χ0v) is 14.3. The van der Waals surface area contributed by atoms with Gasteiger partial charge in [0.2, 0.25) is 0 Å². The monoisotopic (exact) mass is 337 g/mol. The highest BCUT2D eigenvalue weighted by Gasteiger charge is 2.23. The number of fused-ring (bicyclic) bond motifs is 3. The minimum absolute atomic E-state index is 0.0886. The van der Waals surface area contributed by atoms with Crippen LogP contribution in [0, 0.1) is 5.82 Å². The van der Waals surface area contributed by atoms with E-state index in [0.717, 1.165) is 36.1 Å². The van der Waals surface area contributed by atoms with Crippen LogP contribution < -0.4 is 5.32 Å². The maximum absolute atomic E-state index is 13.4. The zero-order chi connectivity index (χ0) is 17.6. The molecule has 0 spiro atoms. The molecule has 4 rings (SSSR count). The molecule has 5 heteroatoms. The Kier molecular flexibility index (Phi) is 3.81. The summed E-state index contributed by atoms with van der Waals surface area (Å²) < 4.78 is 15.6. The number of nitrogens with zero attached hydrogens (tertiary/aromatic N) is 2. The highest BCUT2D eigenvalue weighted by molar-refractivity contribution is 5.99. The largest absolute Gasteiger partial charge is 0.355 e. The fraction of sp³-hybridized carbons (Fsp3) is 0.250. The number of rotatable bonds is 2. The van der Waals surface area contributed by atoms with Crippen LogP contribution in [0.5, 0.6) is 0 Å². The second kappa shape index (κ2) is 6.01. The molecular weight excluding hydrogens is 317 g/mol. The van der Waals surface area contributed by atoms with Crippen LogP contribution >= 0.6 is 0 Å². The lowest BCUT2D eigenvalue weighted by Gasteiger charge is -2.24. The molecule has 1 amide bonds. The van der Waals surface area contributed by atoms with Crippen molar-refractivity contribution in [1.82, 2.24) is 14.8 Å². The van der Waals surface area contributed by atoms with Gasteiger partial charge in [0, 0.05) is 48.9 Å². The van der Waals surface area contributed by atoms with Crippen molar-refractivity contribution in [3.63, 3.8) is 0 Å². The van der Waals surface area contributed by atoms with Crippen LogP contribution in [0.2, 0.25) is 0 Å². The normalized spacial score (nSPS) is 14.5. The van der Waals surface area contributed by atoms with E-state index in [2.05, 4.69) is 21.8 Å². The summed E-state index contributed by atoms with van der Waals surface area (Å²) >= 11 is 0. The van der Waals surface area contributed by atoms with Gasteiger partial charge in [0.15, 0.2) is 0 Å². The van der Waals surface area contributed by atoms with E-state index in [4.69, 9.17) is 0 Å². The minimum Gasteiger partial charge on any atom is -0.355 e. The zero-order valence-electron chi connectivity index (χ0n) is 14.3. The molecule has 0 fully saturated rings. The molecule has 128 valence electrons. The van der Waals surface area contributed by atoms with Gasteiger partial charge < -0.3 is 14.8 Å². The fourth-order valence-corrected chi connectivity index (χ4v) is 3.66. The molecule has 1 N–H and O–H groups in total. The van der Waals surface area contributed by atoms with E-state index in [9.17, 15) is 9.18 Å². The van der Waals surface area contributed by atoms with Crippen molar-refractivity contribution in [2.45, 2.75) is 13.0 Å². The second-order valence-electron chi connectivity index (χ2n) is 6.54. The third-order valence-electron chi connectivity index (χ3n) is 4.91. The first-order chi connectivity index (χ1) is 12.1. The summed E-state index contributed by atoms with van der Waals surface area (Å²) in [7, 11) is 3.74. The molecule has 0 radical (unpaired) electrons. The Labute approximate surface area is 145 Å². The molecule has 0 aliphatic carbocycles. The van der Waals surface area contributed by atoms with Gasteiger partial charge in [-0.05, 0) is 55.1 Å². The molecule has 2 aromatic carbocycles. The lowest BCUT2D eigenvalue weighted by molar-refractivity contribution is 0.0963. The number of amides is 1. The average molecular weight is 337 g/mol. The number of likely N-dealkylation sites (N-methyl/N-ethyl adjacent to an activating group) is 1. The molecule has 1 aliphatic rings. The van der Waals surface area contributed by atoms with Gasteiger partial charge in [0.1, 0.15) is 5.82 Å². The Morgan fingerprint density at radius 3 is 2.64 bits per heavy atom. The molecular formula is C20H20FN3O. The van der Waals surface area contributed by atoms with Gasteiger partial charge in [-0.1, -0.05) is 0 Å². The molecule has 0 saturated carbocycles. The molecule has 4 nitrogen and oxygen atoms in total. The van der Waals surface area contributed by atoms with Gasteiger partial charge in [-0.2, -0.15) is 0 Å². The number of nitrogens with one attached hydrogen (secondary N) is 1. The van der Waals surface area contributed by atoms with Crippen LogP contribution in [0.1, 0.15) is 21.6 Å². The number of aromatic nitrogens is 1. The SMILES string of the molecule is CNC(=O)c1ccc2c(c1)c1c(n2-c2ccc(F)cc2)CCN(C)C1. The summed E-state index contributed by atoms with van der Waals surface area (Å²) in [6, 6.07) is 12.4. The second-order valence-corrected chi connectivity index (χ2v) is 6.54. The number of hydrogen-bond acceptors (Lipinski definition) is 2. The van der Waals surface area contributed by atoms with E-state index in [1.807, 2.05) is 18.2 Å². The third kappa shape index (κ3) is 2.61. The maximum atomic E-state index is 13.4. The van der Waals surface area contributed by atoms with Gasteiger partial charge in [0.05, 0.1) is 5.52 Å². The highest BCUT2D eigenvalue weighted by Crippen LogP contribution is 2.33. The van der Waals surface area contributed by atoms with Gasteiger partial charge in [-0.15, -0.1) is 0 Å². The standard InChI is InChI=1S/C20H20FN3O/c1-22-20(25)13-3-8-18-16(11-13)17-12-23(2)10-9-19(17)24(18)15-6-4-14(21)5-7-15/h3-8,11H,9-10,12H2,1-2H3,(H,22,25). The minimum atomic E-state index is -0.240. The van der Waals surface area contributed by atoms with Gasteiger partial charge in [-0.3, -0.25) is 4.79 Å². The Bertz CT molecular complexity index is 959. The number of benzene rings is 2. The lowest BCUT2D eigenvalue weighted by atomic mass is 10.0. The van der Waals surface area contributed by atoms with Crippen molar-refractivity contribution < 1.29 is 9.18 Å². The summed E-state index contributed by atoms with van der Waals surface area (Å²) in [5, 5.41) is 3.77. The van der Waals surface area contributed by atoms with Gasteiger partial charge in [-0.25, -0.2) is 4.39 Å². The fourth-order valence-electron chi connectivity index (χ4n) is 3.66. The number of carbonyl (C=O) groups is 1. The Morgan fingerprint density at radius 1 is 1.16 bits per heavy atom. The smallest absolute Gasteiger partial charge is 0.251 e. The lowest BCUT2D eigenvalue weighted by Crippen LogP contribution is -2.27. The summed E-state index contributed by atoms with van der Waals surface area (Å²) in [4.78, 5) is 14.3. The quantitative estimate of drug-likeness (QED) is 0.780. The summed E-state index contributed by atoms with van der Waals surface area (Å²) in [6.45, 7) is 1.82. The van der Waals surface area contributed by atoms with Crippen molar-refractivity contribution in [3.05, 3.63) is 65.1 Å². The first-order valence-corrected chi connectivity index (χ1v) is 8.41. The first kappa shape index (κ1) is 15.8. The molecule has 1 aromatic heterocycles. The van der Waals surface area contributed by atoms with Crippen molar-refractivity contribution >= 4 is 16.8 Å². The molecule has 25 heavy (non-hydrogen) atoms. The number of halogens is 1. The highest BCUT2D eigenvalue weighted by atomic mass is 19.1. The average Bonchev–Trinajstić information content (AvgIpc) is 2.94. The Morgan fingerprint density at radius 2 is 1.92 bits per heavy atom. The van der Waals surface area contributed by atoms with E-state index in [1.165, 1.54) is 23.4 Å². The van der Waals surface area contributed by atoms with Crippen molar-refractivity contribution in [3.8, 4) is 5.69 Å². The number of carbonyl (C=O) groups excluding carboxylic acids is 1. The van der Waals surface area contributed by atoms with Gasteiger partial charge in [0.25, 0.3) is 5.91 Å². The molecule has 0 unspecified atom stereocenters. The third-order valence-corrected chi connectivity index (χ3v) is 4.91. The van der Waals surface area contributed by atoms with Crippen LogP contribution in [0.3, 0.4) is 0 Å². The Balaban J connectivity index is 1.99. The molecule has 2 heterocycles. The summed E-state index contributed by atoms with van der Waals surface area (Å²) in [5.74, 6) is -0.329. The van der Waals surface area contributed by atoms with Gasteiger partial charge >= 0.3 is 0 Å². The maximum Gasteiger partial charge on any atom is 0.251 e. The van der Waals surface area contributed by atoms with E-state index in [1.54, 1.807) is 19.2 Å². The molecule has 0 bridgehead atoms.